The van der Waals surface area contributed by atoms with E-state index in [0.717, 1.165) is 18.0 Å². The van der Waals surface area contributed by atoms with E-state index in [0.29, 0.717) is 0 Å². The molecule has 1 N–H and O–H groups in total. The van der Waals surface area contributed by atoms with Gasteiger partial charge in [0.15, 0.2) is 0 Å². The second-order valence-electron chi connectivity index (χ2n) is 4.83. The fraction of sp³-hybridized carbons (Fsp3) is 1.00. The predicted molar refractivity (Wildman–Crippen MR) is 55.8 cm³/mol. The van der Waals surface area contributed by atoms with Crippen LogP contribution in [0.2, 0.25) is 0 Å². The van der Waals surface area contributed by atoms with Crippen LogP contribution in [0.25, 0.3) is 0 Å². The summed E-state index contributed by atoms with van der Waals surface area (Å²) >= 11 is 0. The predicted octanol–water partition coefficient (Wildman–Crippen LogP) is 1.47. The largest absolute Gasteiger partial charge is 0.314 e. The molecule has 2 rings (SSSR count). The Hall–Kier alpha value is -0.0800. The van der Waals surface area contributed by atoms with Crippen LogP contribution in [0.5, 0.6) is 0 Å². The highest BCUT2D eigenvalue weighted by molar-refractivity contribution is 4.85. The number of hydrogen-bond acceptors (Lipinski definition) is 2. The van der Waals surface area contributed by atoms with Gasteiger partial charge in [-0.05, 0) is 51.7 Å². The zero-order valence-corrected chi connectivity index (χ0v) is 8.92. The Morgan fingerprint density at radius 2 is 2.08 bits per heavy atom. The van der Waals surface area contributed by atoms with E-state index in [-0.39, 0.29) is 0 Å². The fourth-order valence-electron chi connectivity index (χ4n) is 2.33. The summed E-state index contributed by atoms with van der Waals surface area (Å²) in [5.74, 6) is 0.896. The molecule has 2 unspecified atom stereocenters. The molecule has 1 aliphatic carbocycles. The summed E-state index contributed by atoms with van der Waals surface area (Å²) in [7, 11) is 2.28. The van der Waals surface area contributed by atoms with Gasteiger partial charge in [0.05, 0.1) is 0 Å². The standard InChI is InChI=1S/C11H22N2/c1-9-5-7-12-11(9)6-8-13(2)10-3-4-10/h9-12H,3-8H2,1-2H3. The van der Waals surface area contributed by atoms with Crippen LogP contribution < -0.4 is 5.32 Å². The number of nitrogens with one attached hydrogen (secondary N) is 1. The Bertz CT molecular complexity index is 165. The molecule has 0 bridgehead atoms. The Morgan fingerprint density at radius 1 is 1.31 bits per heavy atom. The third kappa shape index (κ3) is 2.44. The van der Waals surface area contributed by atoms with Crippen molar-refractivity contribution in [3.8, 4) is 0 Å². The summed E-state index contributed by atoms with van der Waals surface area (Å²) in [6.07, 6.45) is 5.58. The minimum Gasteiger partial charge on any atom is -0.314 e. The Morgan fingerprint density at radius 3 is 2.62 bits per heavy atom. The van der Waals surface area contributed by atoms with Gasteiger partial charge in [-0.15, -0.1) is 0 Å². The Balaban J connectivity index is 1.66. The van der Waals surface area contributed by atoms with Crippen LogP contribution >= 0.6 is 0 Å². The van der Waals surface area contributed by atoms with Crippen molar-refractivity contribution in [3.05, 3.63) is 0 Å². The average Bonchev–Trinajstić information content (AvgIpc) is 2.88. The molecule has 2 aliphatic rings. The lowest BCUT2D eigenvalue weighted by molar-refractivity contribution is 0.291. The fourth-order valence-corrected chi connectivity index (χ4v) is 2.33. The van der Waals surface area contributed by atoms with Crippen LogP contribution in [-0.2, 0) is 0 Å². The molecule has 76 valence electrons. The molecule has 2 heteroatoms. The highest BCUT2D eigenvalue weighted by atomic mass is 15.2. The van der Waals surface area contributed by atoms with Crippen LogP contribution in [0.3, 0.4) is 0 Å². The van der Waals surface area contributed by atoms with Gasteiger partial charge in [0.2, 0.25) is 0 Å². The summed E-state index contributed by atoms with van der Waals surface area (Å²) in [6, 6.07) is 1.72. The molecule has 0 aromatic carbocycles. The van der Waals surface area contributed by atoms with Crippen LogP contribution in [0.15, 0.2) is 0 Å². The molecule has 2 fully saturated rings. The Kier molecular flexibility index (Phi) is 2.89. The van der Waals surface area contributed by atoms with Gasteiger partial charge in [-0.1, -0.05) is 6.92 Å². The monoisotopic (exact) mass is 182 g/mol. The topological polar surface area (TPSA) is 15.3 Å². The summed E-state index contributed by atoms with van der Waals surface area (Å²) in [4.78, 5) is 2.53. The lowest BCUT2D eigenvalue weighted by Gasteiger charge is -2.20. The van der Waals surface area contributed by atoms with E-state index in [2.05, 4.69) is 24.2 Å². The van der Waals surface area contributed by atoms with Gasteiger partial charge in [-0.3, -0.25) is 0 Å². The molecule has 0 aromatic heterocycles. The van der Waals surface area contributed by atoms with E-state index in [4.69, 9.17) is 0 Å². The molecule has 0 amide bonds. The maximum absolute atomic E-state index is 3.59. The summed E-state index contributed by atoms with van der Waals surface area (Å²) in [6.45, 7) is 4.90. The van der Waals surface area contributed by atoms with E-state index >= 15 is 0 Å². The van der Waals surface area contributed by atoms with E-state index in [9.17, 15) is 0 Å². The van der Waals surface area contributed by atoms with Crippen LogP contribution in [0.4, 0.5) is 0 Å². The quantitative estimate of drug-likeness (QED) is 0.708. The van der Waals surface area contributed by atoms with Crippen molar-refractivity contribution >= 4 is 0 Å². The van der Waals surface area contributed by atoms with Gasteiger partial charge in [-0.2, -0.15) is 0 Å². The van der Waals surface area contributed by atoms with Crippen LogP contribution in [0.1, 0.15) is 32.6 Å². The second kappa shape index (κ2) is 3.97. The molecule has 0 radical (unpaired) electrons. The third-order valence-electron chi connectivity index (χ3n) is 3.66. The van der Waals surface area contributed by atoms with Crippen molar-refractivity contribution < 1.29 is 0 Å². The maximum Gasteiger partial charge on any atom is 0.0105 e. The minimum atomic E-state index is 0.793. The zero-order chi connectivity index (χ0) is 9.26. The molecule has 1 heterocycles. The molecular formula is C11H22N2. The first-order valence-corrected chi connectivity index (χ1v) is 5.71. The molecule has 13 heavy (non-hydrogen) atoms. The summed E-state index contributed by atoms with van der Waals surface area (Å²) in [5.41, 5.74) is 0. The zero-order valence-electron chi connectivity index (χ0n) is 8.92. The van der Waals surface area contributed by atoms with Gasteiger partial charge >= 0.3 is 0 Å². The highest BCUT2D eigenvalue weighted by Gasteiger charge is 2.28. The smallest absolute Gasteiger partial charge is 0.0105 e. The van der Waals surface area contributed by atoms with Gasteiger partial charge in [0.1, 0.15) is 0 Å². The first-order chi connectivity index (χ1) is 6.27. The highest BCUT2D eigenvalue weighted by Crippen LogP contribution is 2.26. The summed E-state index contributed by atoms with van der Waals surface area (Å²) in [5, 5.41) is 3.59. The molecule has 0 aromatic rings. The van der Waals surface area contributed by atoms with Crippen molar-refractivity contribution in [2.45, 2.75) is 44.7 Å². The molecule has 1 saturated carbocycles. The van der Waals surface area contributed by atoms with E-state index in [1.165, 1.54) is 38.8 Å². The average molecular weight is 182 g/mol. The molecule has 1 saturated heterocycles. The molecule has 1 aliphatic heterocycles. The van der Waals surface area contributed by atoms with Crippen molar-refractivity contribution in [1.29, 1.82) is 0 Å². The van der Waals surface area contributed by atoms with E-state index in [1.54, 1.807) is 0 Å². The van der Waals surface area contributed by atoms with Gasteiger partial charge < -0.3 is 10.2 Å². The molecular weight excluding hydrogens is 160 g/mol. The van der Waals surface area contributed by atoms with Crippen LogP contribution in [-0.4, -0.2) is 37.1 Å². The van der Waals surface area contributed by atoms with E-state index < -0.39 is 0 Å². The SMILES string of the molecule is CC1CCNC1CCN(C)C1CC1. The van der Waals surface area contributed by atoms with Crippen molar-refractivity contribution in [2.75, 3.05) is 20.1 Å². The van der Waals surface area contributed by atoms with Crippen LogP contribution in [0, 0.1) is 5.92 Å². The second-order valence-corrected chi connectivity index (χ2v) is 4.83. The van der Waals surface area contributed by atoms with Gasteiger partial charge in [-0.25, -0.2) is 0 Å². The molecule has 2 atom stereocenters. The lowest BCUT2D eigenvalue weighted by Crippen LogP contribution is -2.32. The number of hydrogen-bond donors (Lipinski definition) is 1. The van der Waals surface area contributed by atoms with Crippen molar-refractivity contribution in [2.24, 2.45) is 5.92 Å². The van der Waals surface area contributed by atoms with Gasteiger partial charge in [0.25, 0.3) is 0 Å². The summed E-state index contributed by atoms with van der Waals surface area (Å²) < 4.78 is 0. The molecule has 2 nitrogen and oxygen atoms in total. The minimum absolute atomic E-state index is 0.793. The first kappa shape index (κ1) is 9.47. The van der Waals surface area contributed by atoms with Crippen molar-refractivity contribution in [1.82, 2.24) is 10.2 Å². The van der Waals surface area contributed by atoms with Crippen molar-refractivity contribution in [3.63, 3.8) is 0 Å². The van der Waals surface area contributed by atoms with E-state index in [1.807, 2.05) is 0 Å². The number of rotatable bonds is 4. The normalized spacial score (nSPS) is 34.4. The molecule has 0 spiro atoms. The third-order valence-corrected chi connectivity index (χ3v) is 3.66. The lowest BCUT2D eigenvalue weighted by atomic mass is 10.0. The first-order valence-electron chi connectivity index (χ1n) is 5.71. The maximum atomic E-state index is 3.59. The Labute approximate surface area is 81.7 Å². The number of nitrogens with zero attached hydrogens (tertiary/aromatic N) is 1. The van der Waals surface area contributed by atoms with Gasteiger partial charge in [0, 0.05) is 12.1 Å².